The van der Waals surface area contributed by atoms with Gasteiger partial charge in [-0.25, -0.2) is 9.59 Å². The molecular formula is C30H30N4O2. The molecule has 0 aliphatic carbocycles. The Bertz CT molecular complexity index is 1060. The molecule has 0 radical (unpaired) electrons. The Morgan fingerprint density at radius 1 is 0.528 bits per heavy atom. The maximum Gasteiger partial charge on any atom is 0.326 e. The summed E-state index contributed by atoms with van der Waals surface area (Å²) in [4.78, 5) is 29.7. The van der Waals surface area contributed by atoms with Gasteiger partial charge in [-0.2, -0.15) is 0 Å². The van der Waals surface area contributed by atoms with Crippen LogP contribution >= 0.6 is 0 Å². The first kappa shape index (κ1) is 24.5. The minimum Gasteiger partial charge on any atom is -0.337 e. The molecule has 4 rings (SSSR count). The normalized spacial score (nSPS) is 10.5. The molecule has 0 bridgehead atoms. The van der Waals surface area contributed by atoms with Crippen molar-refractivity contribution in [3.8, 4) is 0 Å². The van der Waals surface area contributed by atoms with Crippen LogP contribution in [0.2, 0.25) is 0 Å². The number of urea groups is 2. The van der Waals surface area contributed by atoms with Crippen molar-refractivity contribution in [3.05, 3.63) is 121 Å². The first-order chi connectivity index (χ1) is 17.6. The summed E-state index contributed by atoms with van der Waals surface area (Å²) in [5.41, 5.74) is 3.12. The first-order valence-electron chi connectivity index (χ1n) is 12.0. The monoisotopic (exact) mass is 478 g/mol. The van der Waals surface area contributed by atoms with Gasteiger partial charge in [0, 0.05) is 13.1 Å². The van der Waals surface area contributed by atoms with Crippen LogP contribution in [0.3, 0.4) is 0 Å². The van der Waals surface area contributed by atoms with E-state index in [-0.39, 0.29) is 18.0 Å². The molecule has 0 aromatic heterocycles. The topological polar surface area (TPSA) is 64.7 Å². The summed E-state index contributed by atoms with van der Waals surface area (Å²) in [6, 6.07) is 37.7. The second kappa shape index (κ2) is 12.2. The van der Waals surface area contributed by atoms with Gasteiger partial charge in [0.15, 0.2) is 0 Å². The minimum absolute atomic E-state index is 0.0136. The van der Waals surface area contributed by atoms with Crippen LogP contribution in [0.15, 0.2) is 121 Å². The number of nitrogens with zero attached hydrogens (tertiary/aromatic N) is 2. The van der Waals surface area contributed by atoms with E-state index in [1.54, 1.807) is 9.80 Å². The number of amides is 4. The van der Waals surface area contributed by atoms with Crippen molar-refractivity contribution in [2.75, 3.05) is 22.9 Å². The van der Waals surface area contributed by atoms with Gasteiger partial charge in [-0.05, 0) is 54.4 Å². The molecule has 0 aliphatic rings. The van der Waals surface area contributed by atoms with E-state index < -0.39 is 0 Å². The zero-order valence-corrected chi connectivity index (χ0v) is 20.2. The van der Waals surface area contributed by atoms with Crippen molar-refractivity contribution in [2.24, 2.45) is 5.92 Å². The number of para-hydroxylation sites is 4. The van der Waals surface area contributed by atoms with Crippen molar-refractivity contribution in [2.45, 2.75) is 6.92 Å². The number of nitrogens with one attached hydrogen (secondary N) is 2. The van der Waals surface area contributed by atoms with Crippen molar-refractivity contribution in [1.82, 2.24) is 10.6 Å². The van der Waals surface area contributed by atoms with Crippen LogP contribution in [0, 0.1) is 5.92 Å². The Morgan fingerprint density at radius 2 is 0.778 bits per heavy atom. The quantitative estimate of drug-likeness (QED) is 0.295. The van der Waals surface area contributed by atoms with Crippen LogP contribution in [-0.2, 0) is 0 Å². The number of hydrogen-bond acceptors (Lipinski definition) is 2. The molecule has 4 aromatic carbocycles. The van der Waals surface area contributed by atoms with Crippen molar-refractivity contribution in [3.63, 3.8) is 0 Å². The standard InChI is InChI=1S/C30H30N4O2/c1-24(22-31-29(35)33(25-14-6-2-7-15-25)26-16-8-3-9-17-26)23-32-30(36)34(27-18-10-4-11-19-27)28-20-12-5-13-21-28/h2-21,24H,22-23H2,1H3,(H,31,35)(H,32,36). The van der Waals surface area contributed by atoms with Gasteiger partial charge in [0.25, 0.3) is 0 Å². The molecule has 0 spiro atoms. The van der Waals surface area contributed by atoms with Gasteiger partial charge in [-0.3, -0.25) is 9.80 Å². The lowest BCUT2D eigenvalue weighted by Gasteiger charge is -2.26. The molecule has 6 nitrogen and oxygen atoms in total. The lowest BCUT2D eigenvalue weighted by Crippen LogP contribution is -2.43. The third-order valence-electron chi connectivity index (χ3n) is 5.67. The molecule has 182 valence electrons. The van der Waals surface area contributed by atoms with Crippen LogP contribution < -0.4 is 20.4 Å². The molecule has 4 aromatic rings. The van der Waals surface area contributed by atoms with Crippen LogP contribution in [0.25, 0.3) is 0 Å². The highest BCUT2D eigenvalue weighted by Gasteiger charge is 2.20. The van der Waals surface area contributed by atoms with Gasteiger partial charge in [0.1, 0.15) is 0 Å². The third kappa shape index (κ3) is 6.30. The van der Waals surface area contributed by atoms with Crippen LogP contribution in [0.4, 0.5) is 32.3 Å². The fourth-order valence-electron chi connectivity index (χ4n) is 3.83. The summed E-state index contributed by atoms with van der Waals surface area (Å²) in [7, 11) is 0. The van der Waals surface area contributed by atoms with E-state index in [1.165, 1.54) is 0 Å². The number of anilines is 4. The lowest BCUT2D eigenvalue weighted by molar-refractivity contribution is 0.244. The Kier molecular flexibility index (Phi) is 8.33. The number of carbonyl (C=O) groups excluding carboxylic acids is 2. The smallest absolute Gasteiger partial charge is 0.326 e. The molecule has 0 saturated carbocycles. The second-order valence-electron chi connectivity index (χ2n) is 8.49. The van der Waals surface area contributed by atoms with E-state index in [0.717, 1.165) is 22.7 Å². The predicted octanol–water partition coefficient (Wildman–Crippen LogP) is 6.72. The van der Waals surface area contributed by atoms with E-state index in [9.17, 15) is 9.59 Å². The molecule has 0 aliphatic heterocycles. The molecule has 0 fully saturated rings. The minimum atomic E-state index is -0.222. The maximum absolute atomic E-state index is 13.2. The molecule has 2 N–H and O–H groups in total. The fraction of sp³-hybridized carbons (Fsp3) is 0.133. The van der Waals surface area contributed by atoms with Gasteiger partial charge in [0.05, 0.1) is 22.7 Å². The molecule has 4 amide bonds. The lowest BCUT2D eigenvalue weighted by atomic mass is 10.2. The van der Waals surface area contributed by atoms with Crippen molar-refractivity contribution >= 4 is 34.8 Å². The van der Waals surface area contributed by atoms with Gasteiger partial charge < -0.3 is 10.6 Å². The molecule has 36 heavy (non-hydrogen) atoms. The predicted molar refractivity (Wildman–Crippen MR) is 146 cm³/mol. The van der Waals surface area contributed by atoms with Gasteiger partial charge in [-0.15, -0.1) is 0 Å². The molecule has 0 unspecified atom stereocenters. The summed E-state index contributed by atoms with van der Waals surface area (Å²) in [6.45, 7) is 2.81. The number of carbonyl (C=O) groups is 2. The molecule has 6 heteroatoms. The SMILES string of the molecule is CC(CNC(=O)N(c1ccccc1)c1ccccc1)CNC(=O)N(c1ccccc1)c1ccccc1. The van der Waals surface area contributed by atoms with Crippen LogP contribution in [0.5, 0.6) is 0 Å². The number of rotatable bonds is 8. The highest BCUT2D eigenvalue weighted by Crippen LogP contribution is 2.26. The largest absolute Gasteiger partial charge is 0.337 e. The summed E-state index contributed by atoms with van der Waals surface area (Å²) in [6.07, 6.45) is 0. The number of hydrogen-bond donors (Lipinski definition) is 2. The van der Waals surface area contributed by atoms with Crippen LogP contribution in [0.1, 0.15) is 6.92 Å². The average Bonchev–Trinajstić information content (AvgIpc) is 2.93. The van der Waals surface area contributed by atoms with Crippen molar-refractivity contribution in [1.29, 1.82) is 0 Å². The van der Waals surface area contributed by atoms with Gasteiger partial charge >= 0.3 is 12.1 Å². The highest BCUT2D eigenvalue weighted by atomic mass is 16.2. The van der Waals surface area contributed by atoms with E-state index in [2.05, 4.69) is 10.6 Å². The van der Waals surface area contributed by atoms with Crippen LogP contribution in [-0.4, -0.2) is 25.2 Å². The van der Waals surface area contributed by atoms with E-state index >= 15 is 0 Å². The summed E-state index contributed by atoms with van der Waals surface area (Å²) in [5, 5.41) is 6.04. The third-order valence-corrected chi connectivity index (χ3v) is 5.67. The molecule has 0 atom stereocenters. The zero-order valence-electron chi connectivity index (χ0n) is 20.2. The first-order valence-corrected chi connectivity index (χ1v) is 12.0. The summed E-state index contributed by atoms with van der Waals surface area (Å²) in [5.74, 6) is 0.0136. The number of benzene rings is 4. The summed E-state index contributed by atoms with van der Waals surface area (Å²) < 4.78 is 0. The van der Waals surface area contributed by atoms with E-state index in [0.29, 0.717) is 13.1 Å². The Hall–Kier alpha value is -4.58. The fourth-order valence-corrected chi connectivity index (χ4v) is 3.83. The Balaban J connectivity index is 1.38. The second-order valence-corrected chi connectivity index (χ2v) is 8.49. The highest BCUT2D eigenvalue weighted by molar-refractivity contribution is 6.00. The van der Waals surface area contributed by atoms with Gasteiger partial charge in [0.2, 0.25) is 0 Å². The molecule has 0 saturated heterocycles. The van der Waals surface area contributed by atoms with E-state index in [1.807, 2.05) is 128 Å². The Labute approximate surface area is 212 Å². The molecular weight excluding hydrogens is 448 g/mol. The maximum atomic E-state index is 13.2. The van der Waals surface area contributed by atoms with E-state index in [4.69, 9.17) is 0 Å². The average molecular weight is 479 g/mol. The Morgan fingerprint density at radius 3 is 1.03 bits per heavy atom. The zero-order chi connectivity index (χ0) is 25.2. The summed E-state index contributed by atoms with van der Waals surface area (Å²) >= 11 is 0. The van der Waals surface area contributed by atoms with Gasteiger partial charge in [-0.1, -0.05) is 79.7 Å². The molecule has 0 heterocycles. The van der Waals surface area contributed by atoms with Crippen molar-refractivity contribution < 1.29 is 9.59 Å².